The van der Waals surface area contributed by atoms with Crippen molar-refractivity contribution >= 4 is 28.5 Å². The lowest BCUT2D eigenvalue weighted by Gasteiger charge is -2.20. The van der Waals surface area contributed by atoms with E-state index < -0.39 is 0 Å². The Morgan fingerprint density at radius 2 is 2.22 bits per heavy atom. The first-order chi connectivity index (χ1) is 11.2. The molecule has 0 bridgehead atoms. The van der Waals surface area contributed by atoms with Gasteiger partial charge in [0.2, 0.25) is 11.7 Å². The van der Waals surface area contributed by atoms with Crippen molar-refractivity contribution in [2.75, 3.05) is 25.6 Å². The van der Waals surface area contributed by atoms with E-state index in [2.05, 4.69) is 10.3 Å². The smallest absolute Gasteiger partial charge is 0.250 e. The Morgan fingerprint density at radius 3 is 2.96 bits per heavy atom. The van der Waals surface area contributed by atoms with Gasteiger partial charge in [-0.2, -0.15) is 0 Å². The lowest BCUT2D eigenvalue weighted by atomic mass is 10.1. The molecule has 0 unspecified atom stereocenters. The van der Waals surface area contributed by atoms with Crippen LogP contribution in [-0.4, -0.2) is 31.2 Å². The van der Waals surface area contributed by atoms with Crippen molar-refractivity contribution in [1.82, 2.24) is 4.98 Å². The van der Waals surface area contributed by atoms with E-state index in [0.717, 1.165) is 11.3 Å². The van der Waals surface area contributed by atoms with E-state index in [1.54, 1.807) is 19.3 Å². The third kappa shape index (κ3) is 3.62. The average Bonchev–Trinajstić information content (AvgIpc) is 2.97. The van der Waals surface area contributed by atoms with E-state index in [1.807, 2.05) is 18.4 Å². The molecular weight excluding hydrogens is 316 g/mol. The van der Waals surface area contributed by atoms with Crippen LogP contribution in [-0.2, 0) is 4.79 Å². The molecule has 0 saturated carbocycles. The highest BCUT2D eigenvalue weighted by Crippen LogP contribution is 2.40. The van der Waals surface area contributed by atoms with Crippen LogP contribution in [0.4, 0.5) is 5.13 Å². The average molecular weight is 332 g/mol. The number of benzene rings is 1. The van der Waals surface area contributed by atoms with Gasteiger partial charge in [-0.3, -0.25) is 10.1 Å². The van der Waals surface area contributed by atoms with Gasteiger partial charge < -0.3 is 14.2 Å². The van der Waals surface area contributed by atoms with Crippen LogP contribution >= 0.6 is 11.3 Å². The zero-order chi connectivity index (χ0) is 16.2. The van der Waals surface area contributed by atoms with Crippen LogP contribution in [0.25, 0.3) is 6.08 Å². The number of anilines is 1. The number of fused-ring (bicyclic) bond motifs is 1. The van der Waals surface area contributed by atoms with Crippen molar-refractivity contribution in [3.63, 3.8) is 0 Å². The van der Waals surface area contributed by atoms with Gasteiger partial charge in [0.05, 0.1) is 12.8 Å². The zero-order valence-corrected chi connectivity index (χ0v) is 13.6. The molecule has 2 heterocycles. The van der Waals surface area contributed by atoms with Gasteiger partial charge in [-0.15, -0.1) is 11.3 Å². The summed E-state index contributed by atoms with van der Waals surface area (Å²) in [5, 5.41) is 5.18. The minimum absolute atomic E-state index is 0.242. The Bertz CT molecular complexity index is 737. The third-order valence-corrected chi connectivity index (χ3v) is 4.00. The number of rotatable bonds is 4. The number of hydrogen-bond donors (Lipinski definition) is 1. The Hall–Kier alpha value is -2.54. The molecule has 1 aromatic carbocycles. The van der Waals surface area contributed by atoms with E-state index in [-0.39, 0.29) is 5.91 Å². The predicted octanol–water partition coefficient (Wildman–Crippen LogP) is 2.88. The second-order valence-corrected chi connectivity index (χ2v) is 5.72. The molecule has 1 aromatic heterocycles. The standard InChI is InChI=1S/C16H16N2O4S/c1-10-9-23-16(17-10)18-14(19)4-3-11-7-12(20-2)15-13(8-11)21-5-6-22-15/h3-4,7-9H,5-6H2,1-2H3,(H,17,18,19). The summed E-state index contributed by atoms with van der Waals surface area (Å²) >= 11 is 1.39. The number of carbonyl (C=O) groups excluding carboxylic acids is 1. The van der Waals surface area contributed by atoms with Gasteiger partial charge in [-0.25, -0.2) is 4.98 Å². The van der Waals surface area contributed by atoms with E-state index in [9.17, 15) is 4.79 Å². The molecule has 120 valence electrons. The van der Waals surface area contributed by atoms with E-state index >= 15 is 0 Å². The third-order valence-electron chi connectivity index (χ3n) is 3.13. The molecule has 1 aliphatic rings. The van der Waals surface area contributed by atoms with Gasteiger partial charge in [0.15, 0.2) is 16.6 Å². The summed E-state index contributed by atoms with van der Waals surface area (Å²) in [5.41, 5.74) is 1.67. The number of aromatic nitrogens is 1. The number of hydrogen-bond acceptors (Lipinski definition) is 6. The van der Waals surface area contributed by atoms with Gasteiger partial charge in [0.25, 0.3) is 0 Å². The number of amides is 1. The second-order valence-electron chi connectivity index (χ2n) is 4.86. The first-order valence-electron chi connectivity index (χ1n) is 7.04. The molecule has 0 atom stereocenters. The molecule has 2 aromatic rings. The van der Waals surface area contributed by atoms with E-state index in [4.69, 9.17) is 14.2 Å². The van der Waals surface area contributed by atoms with Crippen LogP contribution in [0.1, 0.15) is 11.3 Å². The summed E-state index contributed by atoms with van der Waals surface area (Å²) in [4.78, 5) is 16.1. The maximum atomic E-state index is 11.9. The van der Waals surface area contributed by atoms with Crippen LogP contribution in [0.3, 0.4) is 0 Å². The number of methoxy groups -OCH3 is 1. The number of carbonyl (C=O) groups is 1. The zero-order valence-electron chi connectivity index (χ0n) is 12.8. The first kappa shape index (κ1) is 15.4. The second kappa shape index (κ2) is 6.70. The number of nitrogens with one attached hydrogen (secondary N) is 1. The summed E-state index contributed by atoms with van der Waals surface area (Å²) in [6.07, 6.45) is 3.14. The maximum Gasteiger partial charge on any atom is 0.250 e. The minimum atomic E-state index is -0.242. The lowest BCUT2D eigenvalue weighted by molar-refractivity contribution is -0.111. The topological polar surface area (TPSA) is 69.7 Å². The molecule has 0 radical (unpaired) electrons. The summed E-state index contributed by atoms with van der Waals surface area (Å²) < 4.78 is 16.4. The first-order valence-corrected chi connectivity index (χ1v) is 7.92. The Balaban J connectivity index is 1.75. The highest BCUT2D eigenvalue weighted by molar-refractivity contribution is 7.13. The van der Waals surface area contributed by atoms with Crippen molar-refractivity contribution in [3.8, 4) is 17.2 Å². The number of aryl methyl sites for hydroxylation is 1. The van der Waals surface area contributed by atoms with Gasteiger partial charge in [0, 0.05) is 11.5 Å². The van der Waals surface area contributed by atoms with Gasteiger partial charge in [0.1, 0.15) is 13.2 Å². The highest BCUT2D eigenvalue weighted by atomic mass is 32.1. The van der Waals surface area contributed by atoms with Crippen LogP contribution in [0.15, 0.2) is 23.6 Å². The predicted molar refractivity (Wildman–Crippen MR) is 88.5 cm³/mol. The summed E-state index contributed by atoms with van der Waals surface area (Å²) in [6, 6.07) is 3.61. The van der Waals surface area contributed by atoms with Gasteiger partial charge in [-0.1, -0.05) is 0 Å². The van der Waals surface area contributed by atoms with Crippen LogP contribution in [0, 0.1) is 6.92 Å². The molecule has 0 fully saturated rings. The van der Waals surface area contributed by atoms with Crippen LogP contribution in [0.2, 0.25) is 0 Å². The fourth-order valence-corrected chi connectivity index (χ4v) is 2.81. The fraction of sp³-hybridized carbons (Fsp3) is 0.250. The Labute approximate surface area is 137 Å². The SMILES string of the molecule is COc1cc(C=CC(=O)Nc2nc(C)cs2)cc2c1OCCO2. The minimum Gasteiger partial charge on any atom is -0.493 e. The molecule has 1 amide bonds. The molecule has 0 aliphatic carbocycles. The van der Waals surface area contributed by atoms with E-state index in [0.29, 0.717) is 35.6 Å². The molecular formula is C16H16N2O4S. The summed E-state index contributed by atoms with van der Waals surface area (Å²) in [5.74, 6) is 1.55. The monoisotopic (exact) mass is 332 g/mol. The summed E-state index contributed by atoms with van der Waals surface area (Å²) in [6.45, 7) is 2.87. The molecule has 7 heteroatoms. The number of ether oxygens (including phenoxy) is 3. The van der Waals surface area contributed by atoms with Crippen molar-refractivity contribution < 1.29 is 19.0 Å². The van der Waals surface area contributed by atoms with Crippen molar-refractivity contribution in [1.29, 1.82) is 0 Å². The van der Waals surface area contributed by atoms with Crippen molar-refractivity contribution in [3.05, 3.63) is 34.8 Å². The van der Waals surface area contributed by atoms with Crippen LogP contribution < -0.4 is 19.5 Å². The summed E-state index contributed by atoms with van der Waals surface area (Å²) in [7, 11) is 1.57. The van der Waals surface area contributed by atoms with E-state index in [1.165, 1.54) is 17.4 Å². The molecule has 1 N–H and O–H groups in total. The normalized spacial score (nSPS) is 13.1. The van der Waals surface area contributed by atoms with Crippen LogP contribution in [0.5, 0.6) is 17.2 Å². The Morgan fingerprint density at radius 1 is 1.39 bits per heavy atom. The van der Waals surface area contributed by atoms with Gasteiger partial charge in [-0.05, 0) is 30.7 Å². The quantitative estimate of drug-likeness (QED) is 0.872. The highest BCUT2D eigenvalue weighted by Gasteiger charge is 2.17. The van der Waals surface area contributed by atoms with Gasteiger partial charge >= 0.3 is 0 Å². The largest absolute Gasteiger partial charge is 0.493 e. The number of thiazole rings is 1. The van der Waals surface area contributed by atoms with Crippen molar-refractivity contribution in [2.45, 2.75) is 6.92 Å². The van der Waals surface area contributed by atoms with Crippen molar-refractivity contribution in [2.24, 2.45) is 0 Å². The lowest BCUT2D eigenvalue weighted by Crippen LogP contribution is -2.16. The molecule has 1 aliphatic heterocycles. The fourth-order valence-electron chi connectivity index (χ4n) is 2.12. The molecule has 23 heavy (non-hydrogen) atoms. The molecule has 6 nitrogen and oxygen atoms in total. The molecule has 0 saturated heterocycles. The maximum absolute atomic E-state index is 11.9. The molecule has 0 spiro atoms. The number of nitrogens with zero attached hydrogens (tertiary/aromatic N) is 1. The molecule has 3 rings (SSSR count). The Kier molecular flexibility index (Phi) is 4.47.